The zero-order chi connectivity index (χ0) is 14.1. The molecule has 1 aromatic carbocycles. The van der Waals surface area contributed by atoms with E-state index in [0.717, 1.165) is 32.0 Å². The first-order valence-electron chi connectivity index (χ1n) is 4.97. The normalized spacial score (nSPS) is 12.4. The Labute approximate surface area is 103 Å². The van der Waals surface area contributed by atoms with Gasteiger partial charge < -0.3 is 5.11 Å². The standard InChI is InChI=1S/C11H12F2O4S/c1-11(2,10(14)15)18(16,17)6-7-3-4-8(12)9(13)5-7/h3-5H,6H2,1-2H3,(H,14,15). The molecule has 0 unspecified atom stereocenters. The van der Waals surface area contributed by atoms with E-state index in [2.05, 4.69) is 0 Å². The minimum Gasteiger partial charge on any atom is -0.480 e. The van der Waals surface area contributed by atoms with Gasteiger partial charge in [-0.15, -0.1) is 0 Å². The highest BCUT2D eigenvalue weighted by atomic mass is 32.2. The second kappa shape index (κ2) is 4.64. The van der Waals surface area contributed by atoms with E-state index in [-0.39, 0.29) is 5.56 Å². The van der Waals surface area contributed by atoms with Crippen LogP contribution >= 0.6 is 0 Å². The zero-order valence-corrected chi connectivity index (χ0v) is 10.6. The number of benzene rings is 1. The molecule has 0 amide bonds. The molecule has 0 saturated heterocycles. The number of hydrogen-bond donors (Lipinski definition) is 1. The molecular weight excluding hydrogens is 266 g/mol. The first-order chi connectivity index (χ1) is 8.08. The van der Waals surface area contributed by atoms with Gasteiger partial charge in [0, 0.05) is 0 Å². The molecule has 100 valence electrons. The summed E-state index contributed by atoms with van der Waals surface area (Å²) in [7, 11) is -4.03. The molecular formula is C11H12F2O4S. The average molecular weight is 278 g/mol. The Morgan fingerprint density at radius 1 is 1.28 bits per heavy atom. The van der Waals surface area contributed by atoms with Crippen LogP contribution in [0.5, 0.6) is 0 Å². The van der Waals surface area contributed by atoms with Crippen LogP contribution in [-0.4, -0.2) is 24.2 Å². The minimum atomic E-state index is -4.03. The van der Waals surface area contributed by atoms with Crippen molar-refractivity contribution in [3.05, 3.63) is 35.4 Å². The van der Waals surface area contributed by atoms with E-state index in [1.165, 1.54) is 0 Å². The van der Waals surface area contributed by atoms with Gasteiger partial charge in [-0.3, -0.25) is 4.79 Å². The summed E-state index contributed by atoms with van der Waals surface area (Å²) in [6.45, 7) is 2.09. The van der Waals surface area contributed by atoms with Gasteiger partial charge in [0.1, 0.15) is 0 Å². The van der Waals surface area contributed by atoms with Gasteiger partial charge in [0.2, 0.25) is 0 Å². The van der Waals surface area contributed by atoms with Crippen molar-refractivity contribution in [2.45, 2.75) is 24.3 Å². The van der Waals surface area contributed by atoms with Crippen molar-refractivity contribution in [3.8, 4) is 0 Å². The number of hydrogen-bond acceptors (Lipinski definition) is 3. The van der Waals surface area contributed by atoms with Crippen LogP contribution in [0, 0.1) is 11.6 Å². The van der Waals surface area contributed by atoms with Crippen LogP contribution in [0.3, 0.4) is 0 Å². The van der Waals surface area contributed by atoms with E-state index in [1.54, 1.807) is 0 Å². The highest BCUT2D eigenvalue weighted by molar-refractivity contribution is 7.92. The fraction of sp³-hybridized carbons (Fsp3) is 0.364. The first kappa shape index (κ1) is 14.6. The maximum atomic E-state index is 12.9. The summed E-state index contributed by atoms with van der Waals surface area (Å²) < 4.78 is 47.3. The third-order valence-corrected chi connectivity index (χ3v) is 5.08. The maximum Gasteiger partial charge on any atom is 0.324 e. The lowest BCUT2D eigenvalue weighted by molar-refractivity contribution is -0.139. The topological polar surface area (TPSA) is 71.4 Å². The predicted molar refractivity (Wildman–Crippen MR) is 60.7 cm³/mol. The SMILES string of the molecule is CC(C)(C(=O)O)S(=O)(=O)Cc1ccc(F)c(F)c1. The van der Waals surface area contributed by atoms with E-state index >= 15 is 0 Å². The summed E-state index contributed by atoms with van der Waals surface area (Å²) in [5, 5.41) is 8.84. The second-order valence-corrected chi connectivity index (χ2v) is 6.86. The lowest BCUT2D eigenvalue weighted by atomic mass is 10.2. The summed E-state index contributed by atoms with van der Waals surface area (Å²) in [4.78, 5) is 10.9. The molecule has 1 rings (SSSR count). The molecule has 0 saturated carbocycles. The van der Waals surface area contributed by atoms with Gasteiger partial charge in [0.25, 0.3) is 0 Å². The number of aliphatic carboxylic acids is 1. The van der Waals surface area contributed by atoms with Crippen LogP contribution < -0.4 is 0 Å². The summed E-state index contributed by atoms with van der Waals surface area (Å²) in [6.07, 6.45) is 0. The van der Waals surface area contributed by atoms with Crippen molar-refractivity contribution in [1.29, 1.82) is 0 Å². The lowest BCUT2D eigenvalue weighted by Crippen LogP contribution is -2.41. The molecule has 1 aromatic rings. The third kappa shape index (κ3) is 2.66. The van der Waals surface area contributed by atoms with Crippen molar-refractivity contribution >= 4 is 15.8 Å². The van der Waals surface area contributed by atoms with Crippen LogP contribution in [0.2, 0.25) is 0 Å². The Kier molecular flexibility index (Phi) is 3.75. The van der Waals surface area contributed by atoms with E-state index in [4.69, 9.17) is 5.11 Å². The summed E-state index contributed by atoms with van der Waals surface area (Å²) in [5.41, 5.74) is 0.00299. The Morgan fingerprint density at radius 3 is 2.28 bits per heavy atom. The fourth-order valence-electron chi connectivity index (χ4n) is 1.16. The van der Waals surface area contributed by atoms with Crippen LogP contribution in [-0.2, 0) is 20.4 Å². The highest BCUT2D eigenvalue weighted by Gasteiger charge is 2.41. The number of halogens is 2. The Bertz CT molecular complexity index is 579. The van der Waals surface area contributed by atoms with Gasteiger partial charge in [-0.2, -0.15) is 0 Å². The lowest BCUT2D eigenvalue weighted by Gasteiger charge is -2.19. The van der Waals surface area contributed by atoms with Crippen LogP contribution in [0.1, 0.15) is 19.4 Å². The largest absolute Gasteiger partial charge is 0.480 e. The van der Waals surface area contributed by atoms with E-state index in [9.17, 15) is 22.0 Å². The smallest absolute Gasteiger partial charge is 0.324 e. The van der Waals surface area contributed by atoms with Crippen molar-refractivity contribution in [2.24, 2.45) is 0 Å². The number of carboxylic acid groups (broad SMARTS) is 1. The molecule has 0 aromatic heterocycles. The van der Waals surface area contributed by atoms with Gasteiger partial charge in [-0.25, -0.2) is 17.2 Å². The fourth-order valence-corrected chi connectivity index (χ4v) is 2.41. The van der Waals surface area contributed by atoms with Gasteiger partial charge in [0.05, 0.1) is 5.75 Å². The number of sulfone groups is 1. The zero-order valence-electron chi connectivity index (χ0n) is 9.78. The molecule has 0 heterocycles. The quantitative estimate of drug-likeness (QED) is 0.910. The molecule has 7 heteroatoms. The van der Waals surface area contributed by atoms with Crippen molar-refractivity contribution in [3.63, 3.8) is 0 Å². The Morgan fingerprint density at radius 2 is 1.83 bits per heavy atom. The van der Waals surface area contributed by atoms with Gasteiger partial charge in [-0.1, -0.05) is 6.07 Å². The summed E-state index contributed by atoms with van der Waals surface area (Å²) >= 11 is 0. The highest BCUT2D eigenvalue weighted by Crippen LogP contribution is 2.22. The third-order valence-electron chi connectivity index (χ3n) is 2.63. The molecule has 0 spiro atoms. The monoisotopic (exact) mass is 278 g/mol. The minimum absolute atomic E-state index is 0.00299. The van der Waals surface area contributed by atoms with Crippen LogP contribution in [0.4, 0.5) is 8.78 Å². The van der Waals surface area contributed by atoms with Crippen LogP contribution in [0.25, 0.3) is 0 Å². The molecule has 18 heavy (non-hydrogen) atoms. The molecule has 0 aliphatic carbocycles. The van der Waals surface area contributed by atoms with Crippen LogP contribution in [0.15, 0.2) is 18.2 Å². The molecule has 0 aliphatic heterocycles. The molecule has 0 aliphatic rings. The first-order valence-corrected chi connectivity index (χ1v) is 6.63. The Balaban J connectivity index is 3.10. The van der Waals surface area contributed by atoms with E-state index in [0.29, 0.717) is 0 Å². The molecule has 4 nitrogen and oxygen atoms in total. The molecule has 0 bridgehead atoms. The summed E-state index contributed by atoms with van der Waals surface area (Å²) in [5.74, 6) is -4.42. The van der Waals surface area contributed by atoms with Gasteiger partial charge in [-0.05, 0) is 31.5 Å². The maximum absolute atomic E-state index is 12.9. The number of carbonyl (C=O) groups is 1. The van der Waals surface area contributed by atoms with Crippen molar-refractivity contribution < 1.29 is 27.1 Å². The number of rotatable bonds is 4. The molecule has 1 N–H and O–H groups in total. The van der Waals surface area contributed by atoms with Gasteiger partial charge in [0.15, 0.2) is 26.2 Å². The predicted octanol–water partition coefficient (Wildman–Crippen LogP) is 1.74. The van der Waals surface area contributed by atoms with Crippen molar-refractivity contribution in [1.82, 2.24) is 0 Å². The number of carboxylic acids is 1. The van der Waals surface area contributed by atoms with E-state index in [1.807, 2.05) is 0 Å². The van der Waals surface area contributed by atoms with Gasteiger partial charge >= 0.3 is 5.97 Å². The Hall–Kier alpha value is -1.50. The van der Waals surface area contributed by atoms with Crippen molar-refractivity contribution in [2.75, 3.05) is 0 Å². The summed E-state index contributed by atoms with van der Waals surface area (Å²) in [6, 6.07) is 2.65. The second-order valence-electron chi connectivity index (χ2n) is 4.32. The van der Waals surface area contributed by atoms with E-state index < -0.39 is 37.9 Å². The molecule has 0 atom stereocenters. The average Bonchev–Trinajstić information content (AvgIpc) is 2.22. The molecule has 0 radical (unpaired) electrons. The molecule has 0 fully saturated rings.